The van der Waals surface area contributed by atoms with E-state index in [2.05, 4.69) is 15.3 Å². The molecule has 0 bridgehead atoms. The number of carboxylic acids is 1. The quantitative estimate of drug-likeness (QED) is 0.319. The zero-order valence-corrected chi connectivity index (χ0v) is 25.2. The van der Waals surface area contributed by atoms with Gasteiger partial charge in [0.15, 0.2) is 0 Å². The first kappa shape index (κ1) is 32.2. The van der Waals surface area contributed by atoms with Crippen LogP contribution in [0.4, 0.5) is 10.5 Å². The molecule has 226 valence electrons. The number of amides is 1. The van der Waals surface area contributed by atoms with Gasteiger partial charge in [-0.2, -0.15) is 0 Å². The number of aliphatic carboxylic acids is 1. The maximum atomic E-state index is 13.6. The zero-order chi connectivity index (χ0) is 31.2. The second-order valence-corrected chi connectivity index (χ2v) is 11.4. The number of carboxylic acid groups (broad SMARTS) is 1. The molecule has 0 aliphatic rings. The van der Waals surface area contributed by atoms with Crippen LogP contribution in [0.15, 0.2) is 57.0 Å². The van der Waals surface area contributed by atoms with Gasteiger partial charge in [-0.3, -0.25) is 9.55 Å². The number of aromatic nitrogens is 3. The van der Waals surface area contributed by atoms with Gasteiger partial charge in [0.25, 0.3) is 0 Å². The van der Waals surface area contributed by atoms with Crippen molar-refractivity contribution in [3.8, 4) is 5.75 Å². The Morgan fingerprint density at radius 1 is 1.10 bits per heavy atom. The average molecular weight is 602 g/mol. The first-order valence-corrected chi connectivity index (χ1v) is 13.7. The van der Waals surface area contributed by atoms with Gasteiger partial charge in [0, 0.05) is 11.6 Å². The van der Waals surface area contributed by atoms with Crippen LogP contribution in [0.2, 0.25) is 5.02 Å². The molecule has 0 aliphatic heterocycles. The summed E-state index contributed by atoms with van der Waals surface area (Å²) in [4.78, 5) is 57.9. The summed E-state index contributed by atoms with van der Waals surface area (Å²) < 4.78 is 13.1. The van der Waals surface area contributed by atoms with Crippen LogP contribution in [-0.2, 0) is 22.6 Å². The number of halogens is 1. The van der Waals surface area contributed by atoms with E-state index in [0.717, 1.165) is 10.1 Å². The number of benzene rings is 2. The maximum absolute atomic E-state index is 13.6. The van der Waals surface area contributed by atoms with Gasteiger partial charge in [0.05, 0.1) is 18.3 Å². The second kappa shape index (κ2) is 13.6. The van der Waals surface area contributed by atoms with Gasteiger partial charge >= 0.3 is 23.4 Å². The molecule has 1 atom stereocenters. The Morgan fingerprint density at radius 3 is 2.33 bits per heavy atom. The lowest BCUT2D eigenvalue weighted by atomic mass is 10.2. The molecule has 1 amide bonds. The van der Waals surface area contributed by atoms with Crippen LogP contribution < -0.4 is 27.1 Å². The number of ether oxygens (including phenoxy) is 2. The Kier molecular flexibility index (Phi) is 10.4. The highest BCUT2D eigenvalue weighted by Crippen LogP contribution is 2.24. The van der Waals surface area contributed by atoms with E-state index in [1.165, 1.54) is 4.57 Å². The van der Waals surface area contributed by atoms with Crippen molar-refractivity contribution in [3.05, 3.63) is 85.2 Å². The normalized spacial score (nSPS) is 12.7. The molecule has 13 heteroatoms. The largest absolute Gasteiger partial charge is 0.491 e. The summed E-state index contributed by atoms with van der Waals surface area (Å²) in [6.45, 7) is 10.4. The summed E-state index contributed by atoms with van der Waals surface area (Å²) in [7, 11) is 0. The van der Waals surface area contributed by atoms with Crippen molar-refractivity contribution in [2.24, 2.45) is 4.99 Å². The van der Waals surface area contributed by atoms with Gasteiger partial charge < -0.3 is 19.9 Å². The Morgan fingerprint density at radius 2 is 1.76 bits per heavy atom. The summed E-state index contributed by atoms with van der Waals surface area (Å²) in [6.07, 6.45) is -1.20. The Balaban J connectivity index is 2.03. The minimum absolute atomic E-state index is 0.00482. The molecule has 42 heavy (non-hydrogen) atoms. The molecule has 0 saturated heterocycles. The molecule has 0 radical (unpaired) electrons. The summed E-state index contributed by atoms with van der Waals surface area (Å²) >= 11 is 6.02. The minimum atomic E-state index is -1.41. The Hall–Kier alpha value is -4.32. The number of alkyl carbamates (subject to hydrolysis) is 1. The minimum Gasteiger partial charge on any atom is -0.491 e. The average Bonchev–Trinajstić information content (AvgIpc) is 2.86. The predicted molar refractivity (Wildman–Crippen MR) is 157 cm³/mol. The smallest absolute Gasteiger partial charge is 0.408 e. The molecule has 0 aliphatic carbocycles. The summed E-state index contributed by atoms with van der Waals surface area (Å²) in [5.74, 6) is -0.652. The molecule has 1 heterocycles. The maximum Gasteiger partial charge on any atom is 0.408 e. The first-order chi connectivity index (χ1) is 19.6. The van der Waals surface area contributed by atoms with Crippen molar-refractivity contribution in [1.29, 1.82) is 0 Å². The van der Waals surface area contributed by atoms with E-state index in [1.807, 2.05) is 20.8 Å². The van der Waals surface area contributed by atoms with Gasteiger partial charge in [-0.1, -0.05) is 23.7 Å². The van der Waals surface area contributed by atoms with Gasteiger partial charge in [-0.05, 0) is 89.4 Å². The third-order valence-corrected chi connectivity index (χ3v) is 6.07. The third kappa shape index (κ3) is 9.10. The molecule has 0 saturated carbocycles. The molecule has 0 spiro atoms. The molecule has 3 N–H and O–H groups in total. The van der Waals surface area contributed by atoms with Crippen LogP contribution in [0.25, 0.3) is 0 Å². The van der Waals surface area contributed by atoms with E-state index in [-0.39, 0.29) is 31.2 Å². The number of rotatable bonds is 10. The molecular weight excluding hydrogens is 566 g/mol. The fourth-order valence-electron chi connectivity index (χ4n) is 3.93. The number of H-pyrrole nitrogens is 1. The fraction of sp³-hybridized carbons (Fsp3) is 0.414. The van der Waals surface area contributed by atoms with Crippen LogP contribution in [-0.4, -0.2) is 49.0 Å². The molecule has 3 rings (SSSR count). The van der Waals surface area contributed by atoms with Crippen LogP contribution in [0.3, 0.4) is 0 Å². The van der Waals surface area contributed by atoms with Crippen molar-refractivity contribution in [2.75, 3.05) is 0 Å². The van der Waals surface area contributed by atoms with Crippen molar-refractivity contribution >= 4 is 29.4 Å². The molecule has 12 nitrogen and oxygen atoms in total. The van der Waals surface area contributed by atoms with E-state index < -0.39 is 35.1 Å². The Labute approximate surface area is 247 Å². The van der Waals surface area contributed by atoms with Crippen molar-refractivity contribution in [1.82, 2.24) is 19.4 Å². The van der Waals surface area contributed by atoms with Crippen molar-refractivity contribution < 1.29 is 24.2 Å². The lowest BCUT2D eigenvalue weighted by Gasteiger charge is -2.22. The molecule has 3 aromatic rings. The standard InChI is InChI=1S/C29H36ClN5O7/c1-17(2)41-23-12-11-21(15-18(23)3)31-25-33-26(38)34(28(40)35(25)16-19-7-9-20(30)10-8-19)14-13-22(24(36)37)32-27(39)42-29(4,5)6/h7-12,15,17,22H,13-14,16H2,1-6H3,(H,32,39)(H,36,37)(H,31,33,38)/t22-/m0/s1. The SMILES string of the molecule is Cc1cc(/N=c2\[nH]c(=O)n(CC[C@H](NC(=O)OC(C)(C)C)C(=O)O)c(=O)n2Cc2ccc(Cl)cc2)ccc1OC(C)C. The number of hydrogen-bond donors (Lipinski definition) is 3. The van der Waals surface area contributed by atoms with Crippen LogP contribution >= 0.6 is 11.6 Å². The fourth-order valence-corrected chi connectivity index (χ4v) is 4.06. The number of carbonyl (C=O) groups is 2. The zero-order valence-electron chi connectivity index (χ0n) is 24.4. The van der Waals surface area contributed by atoms with E-state index in [1.54, 1.807) is 63.2 Å². The Bertz CT molecular complexity index is 1620. The highest BCUT2D eigenvalue weighted by atomic mass is 35.5. The van der Waals surface area contributed by atoms with Gasteiger partial charge in [0.1, 0.15) is 17.4 Å². The molecule has 0 fully saturated rings. The highest BCUT2D eigenvalue weighted by Gasteiger charge is 2.24. The molecule has 0 unspecified atom stereocenters. The summed E-state index contributed by atoms with van der Waals surface area (Å²) in [5.41, 5.74) is -0.336. The lowest BCUT2D eigenvalue weighted by Crippen LogP contribution is -2.51. The van der Waals surface area contributed by atoms with E-state index in [9.17, 15) is 24.3 Å². The summed E-state index contributed by atoms with van der Waals surface area (Å²) in [5, 5.41) is 12.4. The van der Waals surface area contributed by atoms with Gasteiger partial charge in [0.2, 0.25) is 5.62 Å². The number of aromatic amines is 1. The molecule has 2 aromatic carbocycles. The van der Waals surface area contributed by atoms with Crippen LogP contribution in [0.5, 0.6) is 5.75 Å². The van der Waals surface area contributed by atoms with Crippen LogP contribution in [0, 0.1) is 6.92 Å². The second-order valence-electron chi connectivity index (χ2n) is 11.0. The van der Waals surface area contributed by atoms with Gasteiger partial charge in [-0.25, -0.2) is 28.7 Å². The van der Waals surface area contributed by atoms with Gasteiger partial charge in [-0.15, -0.1) is 0 Å². The number of hydrogen-bond acceptors (Lipinski definition) is 7. The number of carbonyl (C=O) groups excluding carboxylic acids is 1. The van der Waals surface area contributed by atoms with E-state index in [4.69, 9.17) is 21.1 Å². The highest BCUT2D eigenvalue weighted by molar-refractivity contribution is 6.30. The van der Waals surface area contributed by atoms with Crippen LogP contribution in [0.1, 0.15) is 52.2 Å². The van der Waals surface area contributed by atoms with Crippen molar-refractivity contribution in [2.45, 2.75) is 78.8 Å². The van der Waals surface area contributed by atoms with E-state index in [0.29, 0.717) is 22.0 Å². The number of nitrogens with zero attached hydrogens (tertiary/aromatic N) is 3. The monoisotopic (exact) mass is 601 g/mol. The lowest BCUT2D eigenvalue weighted by molar-refractivity contribution is -0.139. The van der Waals surface area contributed by atoms with Crippen molar-refractivity contribution in [3.63, 3.8) is 0 Å². The first-order valence-electron chi connectivity index (χ1n) is 13.4. The van der Waals surface area contributed by atoms with E-state index >= 15 is 0 Å². The number of nitrogens with one attached hydrogen (secondary N) is 2. The summed E-state index contributed by atoms with van der Waals surface area (Å²) in [6, 6.07) is 10.7. The number of aryl methyl sites for hydroxylation is 1. The molecule has 1 aromatic heterocycles. The predicted octanol–water partition coefficient (Wildman–Crippen LogP) is 3.74. The molecular formula is C29H36ClN5O7. The topological polar surface area (TPSA) is 157 Å². The third-order valence-electron chi connectivity index (χ3n) is 5.82.